The van der Waals surface area contributed by atoms with Crippen LogP contribution in [-0.2, 0) is 12.0 Å². The van der Waals surface area contributed by atoms with Crippen LogP contribution in [0, 0.1) is 0 Å². The lowest BCUT2D eigenvalue weighted by Crippen LogP contribution is -2.45. The number of hydrogen-bond donors (Lipinski definition) is 2. The monoisotopic (exact) mass is 420 g/mol. The largest absolute Gasteiger partial charge is 0.316 e. The Morgan fingerprint density at radius 2 is 0.906 bits per heavy atom. The first-order valence-corrected chi connectivity index (χ1v) is 11.6. The zero-order valence-corrected chi connectivity index (χ0v) is 18.6. The Morgan fingerprint density at radius 1 is 0.469 bits per heavy atom. The molecule has 2 N–H and O–H groups in total. The van der Waals surface area contributed by atoms with Gasteiger partial charge in [-0.05, 0) is 54.7 Å². The average Bonchev–Trinajstić information content (AvgIpc) is 2.88. The molecule has 0 atom stereocenters. The van der Waals surface area contributed by atoms with Crippen LogP contribution < -0.4 is 10.6 Å². The Labute approximate surface area is 192 Å². The van der Waals surface area contributed by atoms with Crippen molar-refractivity contribution in [3.63, 3.8) is 0 Å². The van der Waals surface area contributed by atoms with Gasteiger partial charge >= 0.3 is 0 Å². The lowest BCUT2D eigenvalue weighted by atomic mass is 9.77. The van der Waals surface area contributed by atoms with E-state index in [9.17, 15) is 0 Å². The molecule has 4 rings (SSSR count). The van der Waals surface area contributed by atoms with Crippen LogP contribution in [0.3, 0.4) is 0 Å². The van der Waals surface area contributed by atoms with Gasteiger partial charge in [0.15, 0.2) is 0 Å². The topological polar surface area (TPSA) is 24.1 Å². The summed E-state index contributed by atoms with van der Waals surface area (Å²) in [6.07, 6.45) is 2.12. The maximum atomic E-state index is 3.95. The van der Waals surface area contributed by atoms with Gasteiger partial charge in [-0.15, -0.1) is 0 Å². The molecule has 0 aliphatic heterocycles. The van der Waals surface area contributed by atoms with Crippen molar-refractivity contribution >= 4 is 0 Å². The molecule has 2 nitrogen and oxygen atoms in total. The molecule has 0 aliphatic carbocycles. The number of benzene rings is 4. The summed E-state index contributed by atoms with van der Waals surface area (Å²) in [6.45, 7) is 2.91. The fourth-order valence-electron chi connectivity index (χ4n) is 4.36. The summed E-state index contributed by atoms with van der Waals surface area (Å²) in [4.78, 5) is 0. The molecule has 0 aromatic heterocycles. The molecule has 0 amide bonds. The number of nitrogens with one attached hydrogen (secondary N) is 2. The Morgan fingerprint density at radius 3 is 1.38 bits per heavy atom. The highest BCUT2D eigenvalue weighted by atomic mass is 15.0. The molecule has 4 aromatic carbocycles. The Balaban J connectivity index is 1.47. The van der Waals surface area contributed by atoms with Gasteiger partial charge in [0, 0.05) is 0 Å². The van der Waals surface area contributed by atoms with E-state index in [2.05, 4.69) is 132 Å². The fourth-order valence-corrected chi connectivity index (χ4v) is 4.36. The first kappa shape index (κ1) is 22.0. The highest BCUT2D eigenvalue weighted by Gasteiger charge is 2.35. The first-order chi connectivity index (χ1) is 15.9. The van der Waals surface area contributed by atoms with E-state index in [1.807, 2.05) is 0 Å². The van der Waals surface area contributed by atoms with E-state index < -0.39 is 0 Å². The SMILES string of the molecule is c1ccc(CCNCCCNC(c2ccccc2)(c2ccccc2)c2ccccc2)cc1. The summed E-state index contributed by atoms with van der Waals surface area (Å²) >= 11 is 0. The van der Waals surface area contributed by atoms with Gasteiger partial charge in [-0.1, -0.05) is 121 Å². The van der Waals surface area contributed by atoms with Crippen LogP contribution in [0.2, 0.25) is 0 Å². The first-order valence-electron chi connectivity index (χ1n) is 11.6. The van der Waals surface area contributed by atoms with Gasteiger partial charge in [0.25, 0.3) is 0 Å². The smallest absolute Gasteiger partial charge is 0.0947 e. The predicted molar refractivity (Wildman–Crippen MR) is 135 cm³/mol. The maximum Gasteiger partial charge on any atom is 0.0947 e. The summed E-state index contributed by atoms with van der Waals surface area (Å²) in [7, 11) is 0. The second-order valence-corrected chi connectivity index (χ2v) is 8.11. The molecule has 0 unspecified atom stereocenters. The molecule has 0 saturated carbocycles. The second kappa shape index (κ2) is 11.4. The molecule has 4 aromatic rings. The zero-order chi connectivity index (χ0) is 21.9. The molecule has 0 spiro atoms. The minimum absolute atomic E-state index is 0.381. The summed E-state index contributed by atoms with van der Waals surface area (Å²) in [5.74, 6) is 0. The van der Waals surface area contributed by atoms with Crippen LogP contribution in [-0.4, -0.2) is 19.6 Å². The van der Waals surface area contributed by atoms with E-state index in [1.54, 1.807) is 0 Å². The van der Waals surface area contributed by atoms with Gasteiger partial charge in [-0.2, -0.15) is 0 Å². The van der Waals surface area contributed by atoms with Crippen molar-refractivity contribution in [2.24, 2.45) is 0 Å². The molecule has 0 bridgehead atoms. The van der Waals surface area contributed by atoms with Crippen LogP contribution in [0.15, 0.2) is 121 Å². The normalized spacial score (nSPS) is 11.4. The predicted octanol–water partition coefficient (Wildman–Crippen LogP) is 5.79. The maximum absolute atomic E-state index is 3.95. The van der Waals surface area contributed by atoms with Crippen molar-refractivity contribution in [1.82, 2.24) is 10.6 Å². The summed E-state index contributed by atoms with van der Waals surface area (Å²) in [5, 5.41) is 7.55. The molecular formula is C30H32N2. The van der Waals surface area contributed by atoms with E-state index >= 15 is 0 Å². The van der Waals surface area contributed by atoms with E-state index in [4.69, 9.17) is 0 Å². The molecule has 0 fully saturated rings. The minimum atomic E-state index is -0.381. The van der Waals surface area contributed by atoms with E-state index in [1.165, 1.54) is 22.3 Å². The van der Waals surface area contributed by atoms with Gasteiger partial charge in [0.1, 0.15) is 0 Å². The molecule has 0 saturated heterocycles. The molecule has 0 heterocycles. The van der Waals surface area contributed by atoms with E-state index in [-0.39, 0.29) is 5.54 Å². The molecule has 0 radical (unpaired) electrons. The van der Waals surface area contributed by atoms with Crippen molar-refractivity contribution < 1.29 is 0 Å². The van der Waals surface area contributed by atoms with Crippen LogP contribution in [0.1, 0.15) is 28.7 Å². The standard InChI is InChI=1S/C30H32N2/c1-5-14-26(15-6-1)22-25-31-23-13-24-32-30(27-16-7-2-8-17-27,28-18-9-3-10-19-28)29-20-11-4-12-21-29/h1-12,14-21,31-32H,13,22-25H2. The van der Waals surface area contributed by atoms with Crippen molar-refractivity contribution in [3.8, 4) is 0 Å². The lowest BCUT2D eigenvalue weighted by Gasteiger charge is -2.37. The fraction of sp³-hybridized carbons (Fsp3) is 0.200. The van der Waals surface area contributed by atoms with Crippen molar-refractivity contribution in [2.45, 2.75) is 18.4 Å². The van der Waals surface area contributed by atoms with Gasteiger partial charge in [-0.3, -0.25) is 5.32 Å². The van der Waals surface area contributed by atoms with Gasteiger partial charge in [0.2, 0.25) is 0 Å². The summed E-state index contributed by atoms with van der Waals surface area (Å²) in [5.41, 5.74) is 4.78. The van der Waals surface area contributed by atoms with E-state index in [0.29, 0.717) is 0 Å². The summed E-state index contributed by atoms with van der Waals surface area (Å²) < 4.78 is 0. The number of rotatable bonds is 11. The van der Waals surface area contributed by atoms with Crippen LogP contribution in [0.4, 0.5) is 0 Å². The van der Waals surface area contributed by atoms with Gasteiger partial charge in [0.05, 0.1) is 5.54 Å². The lowest BCUT2D eigenvalue weighted by molar-refractivity contribution is 0.460. The van der Waals surface area contributed by atoms with Crippen LogP contribution >= 0.6 is 0 Å². The van der Waals surface area contributed by atoms with Crippen LogP contribution in [0.25, 0.3) is 0 Å². The minimum Gasteiger partial charge on any atom is -0.316 e. The van der Waals surface area contributed by atoms with Gasteiger partial charge < -0.3 is 5.32 Å². The van der Waals surface area contributed by atoms with Crippen molar-refractivity contribution in [2.75, 3.05) is 19.6 Å². The second-order valence-electron chi connectivity index (χ2n) is 8.11. The third kappa shape index (κ3) is 5.34. The highest BCUT2D eigenvalue weighted by Crippen LogP contribution is 2.36. The molecule has 162 valence electrons. The van der Waals surface area contributed by atoms with Gasteiger partial charge in [-0.25, -0.2) is 0 Å². The Bertz CT molecular complexity index is 935. The molecule has 2 heteroatoms. The summed E-state index contributed by atoms with van der Waals surface area (Å²) in [6, 6.07) is 43.1. The van der Waals surface area contributed by atoms with E-state index in [0.717, 1.165) is 32.5 Å². The third-order valence-electron chi connectivity index (χ3n) is 5.97. The zero-order valence-electron chi connectivity index (χ0n) is 18.6. The molecule has 0 aliphatic rings. The van der Waals surface area contributed by atoms with Crippen LogP contribution in [0.5, 0.6) is 0 Å². The quantitative estimate of drug-likeness (QED) is 0.237. The molecule has 32 heavy (non-hydrogen) atoms. The highest BCUT2D eigenvalue weighted by molar-refractivity contribution is 5.49. The van der Waals surface area contributed by atoms with Crippen molar-refractivity contribution in [1.29, 1.82) is 0 Å². The number of hydrogen-bond acceptors (Lipinski definition) is 2. The molecular weight excluding hydrogens is 388 g/mol. The third-order valence-corrected chi connectivity index (χ3v) is 5.97. The average molecular weight is 421 g/mol. The Hall–Kier alpha value is -3.20. The van der Waals surface area contributed by atoms with Crippen molar-refractivity contribution in [3.05, 3.63) is 144 Å². The Kier molecular flexibility index (Phi) is 7.86.